The van der Waals surface area contributed by atoms with E-state index in [1.807, 2.05) is 0 Å². The Morgan fingerprint density at radius 3 is 1.62 bits per heavy atom. The summed E-state index contributed by atoms with van der Waals surface area (Å²) in [6.45, 7) is 3.10. The Hall–Kier alpha value is -0.200. The van der Waals surface area contributed by atoms with Gasteiger partial charge in [0.2, 0.25) is 5.14 Å². The van der Waals surface area contributed by atoms with Gasteiger partial charge in [0.15, 0.2) is 0 Å². The van der Waals surface area contributed by atoms with Crippen LogP contribution in [0.3, 0.4) is 0 Å². The summed E-state index contributed by atoms with van der Waals surface area (Å²) in [5.41, 5.74) is 0. The first kappa shape index (κ1) is 7.80. The molecule has 50 valence electrons. The van der Waals surface area contributed by atoms with Crippen LogP contribution < -0.4 is 0 Å². The summed E-state index contributed by atoms with van der Waals surface area (Å²) in [5, 5.41) is 21.6. The van der Waals surface area contributed by atoms with Gasteiger partial charge in [-0.25, -0.2) is 0 Å². The van der Waals surface area contributed by atoms with E-state index in [-0.39, 0.29) is 0 Å². The third kappa shape index (κ3) is 5.80. The number of hydrogen-bond acceptors (Lipinski definition) is 4. The molecule has 0 radical (unpaired) electrons. The molecule has 0 atom stereocenters. The third-order valence-corrected chi connectivity index (χ3v) is 0.352. The average molecular weight is 124 g/mol. The van der Waals surface area contributed by atoms with Crippen LogP contribution in [-0.4, -0.2) is 26.9 Å². The van der Waals surface area contributed by atoms with Crippen LogP contribution in [0.25, 0.3) is 0 Å². The predicted molar refractivity (Wildman–Crippen MR) is 21.8 cm³/mol. The van der Waals surface area contributed by atoms with Crippen LogP contribution in [0.1, 0.15) is 13.8 Å². The molecule has 5 nitrogen and oxygen atoms in total. The zero-order valence-electron chi connectivity index (χ0n) is 4.77. The van der Waals surface area contributed by atoms with E-state index in [9.17, 15) is 0 Å². The molecule has 0 aromatic rings. The second-order valence-corrected chi connectivity index (χ2v) is 1.67. The lowest BCUT2D eigenvalue weighted by atomic mass is 10.5. The molecular formula is C3H10NO4+. The molecule has 0 aromatic carbocycles. The van der Waals surface area contributed by atoms with Gasteiger partial charge in [-0.2, -0.15) is 0 Å². The van der Waals surface area contributed by atoms with Crippen molar-refractivity contribution in [3.8, 4) is 0 Å². The highest BCUT2D eigenvalue weighted by atomic mass is 17.3. The van der Waals surface area contributed by atoms with E-state index in [0.29, 0.717) is 0 Å². The van der Waals surface area contributed by atoms with E-state index in [2.05, 4.69) is 4.84 Å². The van der Waals surface area contributed by atoms with Crippen LogP contribution in [0.4, 0.5) is 0 Å². The highest BCUT2D eigenvalue weighted by Crippen LogP contribution is 1.95. The van der Waals surface area contributed by atoms with Crippen molar-refractivity contribution in [2.24, 2.45) is 0 Å². The maximum Gasteiger partial charge on any atom is 0.240 e. The van der Waals surface area contributed by atoms with Gasteiger partial charge in [0, 0.05) is 0 Å². The molecule has 0 bridgehead atoms. The molecule has 5 heteroatoms. The maximum absolute atomic E-state index is 8.01. The first-order valence-corrected chi connectivity index (χ1v) is 2.17. The van der Waals surface area contributed by atoms with Crippen LogP contribution in [0.2, 0.25) is 0 Å². The zero-order chi connectivity index (χ0) is 6.78. The molecule has 0 saturated carbocycles. The van der Waals surface area contributed by atoms with Gasteiger partial charge in [-0.05, 0) is 13.8 Å². The Kier molecular flexibility index (Phi) is 2.32. The minimum atomic E-state index is -2.42. The molecule has 3 N–H and O–H groups in total. The topological polar surface area (TPSA) is 69.9 Å². The van der Waals surface area contributed by atoms with Gasteiger partial charge in [-0.3, -0.25) is 0 Å². The van der Waals surface area contributed by atoms with Crippen LogP contribution in [0.15, 0.2) is 0 Å². The van der Waals surface area contributed by atoms with Gasteiger partial charge in [0.05, 0.1) is 0 Å². The average Bonchev–Trinajstić information content (AvgIpc) is 1.21. The van der Waals surface area contributed by atoms with Crippen LogP contribution in [-0.2, 0) is 4.84 Å². The number of quaternary nitrogens is 1. The molecule has 8 heavy (non-hydrogen) atoms. The lowest BCUT2D eigenvalue weighted by Crippen LogP contribution is -2.39. The Labute approximate surface area is 46.8 Å². The fraction of sp³-hybridized carbons (Fsp3) is 1.00. The summed E-state index contributed by atoms with van der Waals surface area (Å²) in [6, 6.07) is 0. The Bertz CT molecular complexity index is 66.2. The lowest BCUT2D eigenvalue weighted by Gasteiger charge is -2.10. The number of rotatable bonds is 2. The van der Waals surface area contributed by atoms with E-state index in [1.165, 1.54) is 0 Å². The van der Waals surface area contributed by atoms with Gasteiger partial charge in [0.25, 0.3) is 0 Å². The van der Waals surface area contributed by atoms with Crippen molar-refractivity contribution in [1.29, 1.82) is 0 Å². The first-order chi connectivity index (χ1) is 3.42. The standard InChI is InChI=1S/C3H10NO4/c1-3(2)8-4(5,6)7/h3,5-7H,1-2H3/q+1. The number of hydrogen-bond donors (Lipinski definition) is 3. The van der Waals surface area contributed by atoms with Crippen molar-refractivity contribution in [2.75, 3.05) is 0 Å². The van der Waals surface area contributed by atoms with Crippen molar-refractivity contribution in [1.82, 2.24) is 0 Å². The smallest absolute Gasteiger partial charge is 0.111 e. The SMILES string of the molecule is CC(C)O[N+](O)(O)O. The molecule has 0 spiro atoms. The van der Waals surface area contributed by atoms with Gasteiger partial charge in [-0.15, -0.1) is 15.6 Å². The molecule has 0 amide bonds. The third-order valence-electron chi connectivity index (χ3n) is 0.352. The summed E-state index contributed by atoms with van der Waals surface area (Å²) >= 11 is 0. The molecule has 0 aromatic heterocycles. The minimum Gasteiger partial charge on any atom is -0.111 e. The van der Waals surface area contributed by atoms with Crippen LogP contribution in [0.5, 0.6) is 0 Å². The normalized spacial score (nSPS) is 12.8. The summed E-state index contributed by atoms with van der Waals surface area (Å²) in [6.07, 6.45) is -0.435. The van der Waals surface area contributed by atoms with Gasteiger partial charge in [-0.1, -0.05) is 4.84 Å². The molecule has 0 fully saturated rings. The van der Waals surface area contributed by atoms with Crippen molar-refractivity contribution in [3.05, 3.63) is 0 Å². The van der Waals surface area contributed by atoms with Crippen molar-refractivity contribution in [3.63, 3.8) is 0 Å². The second kappa shape index (κ2) is 2.38. The largest absolute Gasteiger partial charge is 0.240 e. The predicted octanol–water partition coefficient (Wildman–Crippen LogP) is 0.311. The highest BCUT2D eigenvalue weighted by molar-refractivity contribution is 4.24. The molecule has 0 unspecified atom stereocenters. The lowest BCUT2D eigenvalue weighted by molar-refractivity contribution is -1.48. The molecule has 0 aliphatic heterocycles. The maximum atomic E-state index is 8.01. The quantitative estimate of drug-likeness (QED) is 0.366. The summed E-state index contributed by atoms with van der Waals surface area (Å²) in [7, 11) is 0. The van der Waals surface area contributed by atoms with Gasteiger partial charge in [0.1, 0.15) is 6.10 Å². The van der Waals surface area contributed by atoms with E-state index >= 15 is 0 Å². The molecule has 0 rings (SSSR count). The summed E-state index contributed by atoms with van der Waals surface area (Å²) in [5.74, 6) is 0. The fourth-order valence-electron chi connectivity index (χ4n) is 0.283. The van der Waals surface area contributed by atoms with Crippen molar-refractivity contribution < 1.29 is 25.6 Å². The van der Waals surface area contributed by atoms with E-state index in [0.717, 1.165) is 0 Å². The van der Waals surface area contributed by atoms with Gasteiger partial charge >= 0.3 is 0 Å². The highest BCUT2D eigenvalue weighted by Gasteiger charge is 2.22. The van der Waals surface area contributed by atoms with Crippen LogP contribution in [0, 0.1) is 0 Å². The molecule has 0 aliphatic rings. The molecule has 0 heterocycles. The van der Waals surface area contributed by atoms with Gasteiger partial charge < -0.3 is 0 Å². The Morgan fingerprint density at radius 2 is 1.62 bits per heavy atom. The molecule has 0 saturated heterocycles. The van der Waals surface area contributed by atoms with E-state index < -0.39 is 11.2 Å². The van der Waals surface area contributed by atoms with E-state index in [4.69, 9.17) is 15.6 Å². The molecule has 0 aliphatic carbocycles. The van der Waals surface area contributed by atoms with Crippen LogP contribution >= 0.6 is 0 Å². The monoisotopic (exact) mass is 124 g/mol. The first-order valence-electron chi connectivity index (χ1n) is 2.17. The van der Waals surface area contributed by atoms with Crippen molar-refractivity contribution >= 4 is 0 Å². The zero-order valence-corrected chi connectivity index (χ0v) is 4.77. The van der Waals surface area contributed by atoms with E-state index in [1.54, 1.807) is 13.8 Å². The number of nitrogens with zero attached hydrogens (tertiary/aromatic N) is 1. The summed E-state index contributed by atoms with van der Waals surface area (Å²) in [4.78, 5) is 4.04. The minimum absolute atomic E-state index is 0.435. The Balaban J connectivity index is 3.39. The van der Waals surface area contributed by atoms with Crippen molar-refractivity contribution in [2.45, 2.75) is 20.0 Å². The second-order valence-electron chi connectivity index (χ2n) is 1.67. The molecular weight excluding hydrogens is 114 g/mol. The fourth-order valence-corrected chi connectivity index (χ4v) is 0.283. The summed E-state index contributed by atoms with van der Waals surface area (Å²) < 4.78 is 0. The Morgan fingerprint density at radius 1 is 1.25 bits per heavy atom.